The molecule has 1 aromatic heterocycles. The molecule has 21 heavy (non-hydrogen) atoms. The van der Waals surface area contributed by atoms with E-state index in [1.54, 1.807) is 19.1 Å². The molecule has 0 atom stereocenters. The maximum Gasteiger partial charge on any atom is 0.267 e. The molecular weight excluding hydrogens is 267 g/mol. The number of rotatable bonds is 3. The zero-order valence-corrected chi connectivity index (χ0v) is 11.6. The van der Waals surface area contributed by atoms with Crippen LogP contribution >= 0.6 is 0 Å². The largest absolute Gasteiger partial charge is 0.351 e. The average molecular weight is 282 g/mol. The molecule has 106 valence electrons. The zero-order chi connectivity index (χ0) is 14.8. The fourth-order valence-electron chi connectivity index (χ4n) is 2.29. The molecule has 0 bridgehead atoms. The van der Waals surface area contributed by atoms with Crippen LogP contribution in [0, 0.1) is 12.7 Å². The van der Waals surface area contributed by atoms with Gasteiger partial charge in [-0.05, 0) is 36.2 Å². The lowest BCUT2D eigenvalue weighted by molar-refractivity contribution is 0.0946. The number of aromatic amines is 1. The summed E-state index contributed by atoms with van der Waals surface area (Å²) < 4.78 is 13.2. The van der Waals surface area contributed by atoms with Gasteiger partial charge in [0.25, 0.3) is 5.91 Å². The summed E-state index contributed by atoms with van der Waals surface area (Å²) in [4.78, 5) is 15.2. The Morgan fingerprint density at radius 1 is 1.19 bits per heavy atom. The van der Waals surface area contributed by atoms with E-state index in [1.165, 1.54) is 6.07 Å². The molecular formula is C17H15FN2O. The minimum absolute atomic E-state index is 0.173. The van der Waals surface area contributed by atoms with Gasteiger partial charge in [-0.2, -0.15) is 0 Å². The Bertz CT molecular complexity index is 774. The van der Waals surface area contributed by atoms with Gasteiger partial charge in [0.1, 0.15) is 11.5 Å². The lowest BCUT2D eigenvalue weighted by Crippen LogP contribution is -2.23. The number of amides is 1. The third kappa shape index (κ3) is 2.79. The minimum Gasteiger partial charge on any atom is -0.351 e. The van der Waals surface area contributed by atoms with Crippen molar-refractivity contribution in [1.82, 2.24) is 10.3 Å². The molecule has 2 aromatic carbocycles. The summed E-state index contributed by atoms with van der Waals surface area (Å²) in [5, 5.41) is 3.83. The maximum absolute atomic E-state index is 13.2. The molecule has 0 radical (unpaired) electrons. The van der Waals surface area contributed by atoms with Crippen molar-refractivity contribution in [3.63, 3.8) is 0 Å². The fraction of sp³-hybridized carbons (Fsp3) is 0.118. The SMILES string of the molecule is Cc1cc(CNC(=O)c2cc3ccccc3[nH]2)ccc1F. The molecule has 0 fully saturated rings. The fourth-order valence-corrected chi connectivity index (χ4v) is 2.29. The first-order chi connectivity index (χ1) is 10.1. The predicted octanol–water partition coefficient (Wildman–Crippen LogP) is 3.55. The number of hydrogen-bond donors (Lipinski definition) is 2. The molecule has 2 N–H and O–H groups in total. The van der Waals surface area contributed by atoms with E-state index in [0.717, 1.165) is 16.5 Å². The van der Waals surface area contributed by atoms with Gasteiger partial charge in [0.2, 0.25) is 0 Å². The zero-order valence-electron chi connectivity index (χ0n) is 11.6. The smallest absolute Gasteiger partial charge is 0.267 e. The second-order valence-corrected chi connectivity index (χ2v) is 5.04. The van der Waals surface area contributed by atoms with E-state index < -0.39 is 0 Å². The first-order valence-corrected chi connectivity index (χ1v) is 6.74. The van der Waals surface area contributed by atoms with Crippen LogP contribution in [0.1, 0.15) is 21.6 Å². The van der Waals surface area contributed by atoms with E-state index in [-0.39, 0.29) is 11.7 Å². The van der Waals surface area contributed by atoms with Crippen molar-refractivity contribution >= 4 is 16.8 Å². The number of nitrogens with one attached hydrogen (secondary N) is 2. The third-order valence-corrected chi connectivity index (χ3v) is 3.45. The molecule has 3 rings (SSSR count). The number of benzene rings is 2. The average Bonchev–Trinajstić information content (AvgIpc) is 2.92. The third-order valence-electron chi connectivity index (χ3n) is 3.45. The molecule has 1 amide bonds. The Hall–Kier alpha value is -2.62. The van der Waals surface area contributed by atoms with Crippen molar-refractivity contribution < 1.29 is 9.18 Å². The topological polar surface area (TPSA) is 44.9 Å². The molecule has 0 unspecified atom stereocenters. The summed E-state index contributed by atoms with van der Waals surface area (Å²) >= 11 is 0. The Labute approximate surface area is 121 Å². The van der Waals surface area contributed by atoms with Gasteiger partial charge in [-0.3, -0.25) is 4.79 Å². The van der Waals surface area contributed by atoms with E-state index in [0.29, 0.717) is 17.8 Å². The molecule has 0 spiro atoms. The summed E-state index contributed by atoms with van der Waals surface area (Å²) in [7, 11) is 0. The number of aryl methyl sites for hydroxylation is 1. The van der Waals surface area contributed by atoms with Crippen molar-refractivity contribution in [2.24, 2.45) is 0 Å². The van der Waals surface area contributed by atoms with Crippen LogP contribution in [0.5, 0.6) is 0 Å². The van der Waals surface area contributed by atoms with Crippen molar-refractivity contribution in [1.29, 1.82) is 0 Å². The number of para-hydroxylation sites is 1. The second kappa shape index (κ2) is 5.40. The summed E-state index contributed by atoms with van der Waals surface area (Å²) in [6, 6.07) is 14.4. The lowest BCUT2D eigenvalue weighted by Gasteiger charge is -2.05. The molecule has 1 heterocycles. The standard InChI is InChI=1S/C17H15FN2O/c1-11-8-12(6-7-14(11)18)10-19-17(21)16-9-13-4-2-3-5-15(13)20-16/h2-9,20H,10H2,1H3,(H,19,21). The monoisotopic (exact) mass is 282 g/mol. The van der Waals surface area contributed by atoms with Crippen LogP contribution in [0.25, 0.3) is 10.9 Å². The van der Waals surface area contributed by atoms with Gasteiger partial charge >= 0.3 is 0 Å². The molecule has 0 saturated carbocycles. The number of fused-ring (bicyclic) bond motifs is 1. The normalized spacial score (nSPS) is 10.8. The van der Waals surface area contributed by atoms with E-state index in [1.807, 2.05) is 30.3 Å². The van der Waals surface area contributed by atoms with Crippen LogP contribution in [0.2, 0.25) is 0 Å². The first-order valence-electron chi connectivity index (χ1n) is 6.74. The molecule has 0 saturated heterocycles. The van der Waals surface area contributed by atoms with Crippen molar-refractivity contribution in [2.45, 2.75) is 13.5 Å². The number of hydrogen-bond acceptors (Lipinski definition) is 1. The quantitative estimate of drug-likeness (QED) is 0.758. The molecule has 0 aliphatic heterocycles. The summed E-state index contributed by atoms with van der Waals surface area (Å²) in [5.41, 5.74) is 2.90. The van der Waals surface area contributed by atoms with Gasteiger partial charge < -0.3 is 10.3 Å². The number of carbonyl (C=O) groups is 1. The Balaban J connectivity index is 1.72. The van der Waals surface area contributed by atoms with Crippen molar-refractivity contribution in [2.75, 3.05) is 0 Å². The Morgan fingerprint density at radius 2 is 2.00 bits per heavy atom. The predicted molar refractivity (Wildman–Crippen MR) is 80.6 cm³/mol. The van der Waals surface area contributed by atoms with Crippen LogP contribution in [0.15, 0.2) is 48.5 Å². The molecule has 0 aliphatic rings. The maximum atomic E-state index is 13.2. The van der Waals surface area contributed by atoms with Gasteiger partial charge in [0.15, 0.2) is 0 Å². The van der Waals surface area contributed by atoms with Crippen LogP contribution in [-0.4, -0.2) is 10.9 Å². The second-order valence-electron chi connectivity index (χ2n) is 5.04. The minimum atomic E-state index is -0.235. The number of carbonyl (C=O) groups excluding carboxylic acids is 1. The van der Waals surface area contributed by atoms with Gasteiger partial charge in [-0.15, -0.1) is 0 Å². The van der Waals surface area contributed by atoms with E-state index in [4.69, 9.17) is 0 Å². The highest BCUT2D eigenvalue weighted by atomic mass is 19.1. The van der Waals surface area contributed by atoms with E-state index >= 15 is 0 Å². The van der Waals surface area contributed by atoms with Crippen molar-refractivity contribution in [3.8, 4) is 0 Å². The highest BCUT2D eigenvalue weighted by Gasteiger charge is 2.09. The van der Waals surface area contributed by atoms with E-state index in [9.17, 15) is 9.18 Å². The van der Waals surface area contributed by atoms with Gasteiger partial charge in [-0.1, -0.05) is 30.3 Å². The Morgan fingerprint density at radius 3 is 2.76 bits per heavy atom. The van der Waals surface area contributed by atoms with Crippen LogP contribution in [-0.2, 0) is 6.54 Å². The number of aromatic nitrogens is 1. The number of H-pyrrole nitrogens is 1. The van der Waals surface area contributed by atoms with Gasteiger partial charge in [0.05, 0.1) is 0 Å². The highest BCUT2D eigenvalue weighted by molar-refractivity contribution is 5.97. The highest BCUT2D eigenvalue weighted by Crippen LogP contribution is 2.15. The van der Waals surface area contributed by atoms with Crippen LogP contribution in [0.3, 0.4) is 0 Å². The Kier molecular flexibility index (Phi) is 3.44. The number of halogens is 1. The summed E-state index contributed by atoms with van der Waals surface area (Å²) in [6.45, 7) is 2.08. The molecule has 0 aliphatic carbocycles. The summed E-state index contributed by atoms with van der Waals surface area (Å²) in [6.07, 6.45) is 0. The van der Waals surface area contributed by atoms with Crippen molar-refractivity contribution in [3.05, 3.63) is 71.2 Å². The van der Waals surface area contributed by atoms with Gasteiger partial charge in [0, 0.05) is 17.4 Å². The lowest BCUT2D eigenvalue weighted by atomic mass is 10.1. The van der Waals surface area contributed by atoms with Gasteiger partial charge in [-0.25, -0.2) is 4.39 Å². The summed E-state index contributed by atoms with van der Waals surface area (Å²) in [5.74, 6) is -0.408. The molecule has 3 nitrogen and oxygen atoms in total. The van der Waals surface area contributed by atoms with Crippen LogP contribution < -0.4 is 5.32 Å². The molecule has 3 aromatic rings. The first kappa shape index (κ1) is 13.4. The van der Waals surface area contributed by atoms with Crippen LogP contribution in [0.4, 0.5) is 4.39 Å². The molecule has 4 heteroatoms. The van der Waals surface area contributed by atoms with E-state index in [2.05, 4.69) is 10.3 Å².